The fourth-order valence-electron chi connectivity index (χ4n) is 2.03. The van der Waals surface area contributed by atoms with Gasteiger partial charge in [-0.25, -0.2) is 8.42 Å². The molecule has 106 valence electrons. The van der Waals surface area contributed by atoms with E-state index >= 15 is 0 Å². The van der Waals surface area contributed by atoms with Crippen molar-refractivity contribution in [2.75, 3.05) is 44.3 Å². The zero-order chi connectivity index (χ0) is 13.7. The Morgan fingerprint density at radius 3 is 2.42 bits per heavy atom. The lowest BCUT2D eigenvalue weighted by Gasteiger charge is -2.26. The molecule has 1 aromatic carbocycles. The summed E-state index contributed by atoms with van der Waals surface area (Å²) >= 11 is 0. The topological polar surface area (TPSA) is 72.6 Å². The first kappa shape index (κ1) is 14.3. The van der Waals surface area contributed by atoms with Gasteiger partial charge in [0.15, 0.2) is 9.84 Å². The molecule has 0 spiro atoms. The molecule has 1 aliphatic rings. The van der Waals surface area contributed by atoms with Crippen LogP contribution < -0.4 is 5.73 Å². The van der Waals surface area contributed by atoms with Crippen molar-refractivity contribution >= 4 is 15.5 Å². The van der Waals surface area contributed by atoms with Crippen LogP contribution >= 0.6 is 0 Å². The van der Waals surface area contributed by atoms with Gasteiger partial charge >= 0.3 is 0 Å². The Morgan fingerprint density at radius 2 is 1.79 bits per heavy atom. The number of rotatable bonds is 5. The number of hydrogen-bond acceptors (Lipinski definition) is 5. The van der Waals surface area contributed by atoms with E-state index in [9.17, 15) is 8.42 Å². The van der Waals surface area contributed by atoms with Crippen molar-refractivity contribution in [1.82, 2.24) is 4.90 Å². The second-order valence-electron chi connectivity index (χ2n) is 4.79. The molecule has 0 radical (unpaired) electrons. The summed E-state index contributed by atoms with van der Waals surface area (Å²) < 4.78 is 29.3. The lowest BCUT2D eigenvalue weighted by Crippen LogP contribution is -2.39. The summed E-state index contributed by atoms with van der Waals surface area (Å²) in [4.78, 5) is 2.13. The van der Waals surface area contributed by atoms with Crippen molar-refractivity contribution < 1.29 is 13.2 Å². The molecule has 0 amide bonds. The van der Waals surface area contributed by atoms with Crippen molar-refractivity contribution in [3.8, 4) is 0 Å². The maximum Gasteiger partial charge on any atom is 0.155 e. The van der Waals surface area contributed by atoms with Gasteiger partial charge in [-0.15, -0.1) is 0 Å². The van der Waals surface area contributed by atoms with Gasteiger partial charge in [-0.1, -0.05) is 12.1 Å². The lowest BCUT2D eigenvalue weighted by molar-refractivity contribution is 0.0408. The fourth-order valence-corrected chi connectivity index (χ4v) is 3.41. The quantitative estimate of drug-likeness (QED) is 0.798. The van der Waals surface area contributed by atoms with E-state index in [0.29, 0.717) is 25.4 Å². The molecule has 5 nitrogen and oxygen atoms in total. The molecule has 1 aromatic rings. The maximum absolute atomic E-state index is 12.0. The maximum atomic E-state index is 12.0. The highest BCUT2D eigenvalue weighted by Crippen LogP contribution is 2.10. The third-order valence-corrected chi connectivity index (χ3v) is 4.77. The number of morpholine rings is 1. The summed E-state index contributed by atoms with van der Waals surface area (Å²) in [5.74, 6) is 0.273. The average molecular weight is 284 g/mol. The summed E-state index contributed by atoms with van der Waals surface area (Å²) in [6, 6.07) is 6.99. The van der Waals surface area contributed by atoms with Crippen molar-refractivity contribution in [2.24, 2.45) is 0 Å². The number of hydrogen-bond donors (Lipinski definition) is 1. The first-order valence-corrected chi connectivity index (χ1v) is 8.22. The molecule has 0 aromatic heterocycles. The Balaban J connectivity index is 1.85. The highest BCUT2D eigenvalue weighted by molar-refractivity contribution is 7.90. The van der Waals surface area contributed by atoms with Gasteiger partial charge in [0.25, 0.3) is 0 Å². The fraction of sp³-hybridized carbons (Fsp3) is 0.538. The Hall–Kier alpha value is -1.11. The van der Waals surface area contributed by atoms with E-state index in [0.717, 1.165) is 18.7 Å². The van der Waals surface area contributed by atoms with Gasteiger partial charge in [0.05, 0.1) is 24.7 Å². The van der Waals surface area contributed by atoms with Crippen LogP contribution in [0.15, 0.2) is 24.3 Å². The Labute approximate surface area is 114 Å². The molecule has 0 aliphatic carbocycles. The molecule has 1 heterocycles. The smallest absolute Gasteiger partial charge is 0.155 e. The number of benzene rings is 1. The van der Waals surface area contributed by atoms with Gasteiger partial charge in [0.1, 0.15) is 0 Å². The van der Waals surface area contributed by atoms with Crippen LogP contribution in [0.1, 0.15) is 5.56 Å². The SMILES string of the molecule is Nc1ccc(CS(=O)(=O)CCN2CCOCC2)cc1. The summed E-state index contributed by atoms with van der Waals surface area (Å²) in [5.41, 5.74) is 7.01. The van der Waals surface area contributed by atoms with Crippen LogP contribution in [0.25, 0.3) is 0 Å². The minimum Gasteiger partial charge on any atom is -0.399 e. The molecule has 19 heavy (non-hydrogen) atoms. The van der Waals surface area contributed by atoms with E-state index in [-0.39, 0.29) is 11.5 Å². The van der Waals surface area contributed by atoms with Crippen LogP contribution in [-0.2, 0) is 20.3 Å². The molecule has 0 bridgehead atoms. The van der Waals surface area contributed by atoms with E-state index in [1.54, 1.807) is 24.3 Å². The molecule has 2 rings (SSSR count). The molecule has 0 atom stereocenters. The lowest BCUT2D eigenvalue weighted by atomic mass is 10.2. The largest absolute Gasteiger partial charge is 0.399 e. The van der Waals surface area contributed by atoms with Gasteiger partial charge in [-0.2, -0.15) is 0 Å². The van der Waals surface area contributed by atoms with E-state index in [1.165, 1.54) is 0 Å². The van der Waals surface area contributed by atoms with Crippen LogP contribution in [0, 0.1) is 0 Å². The molecule has 1 saturated heterocycles. The van der Waals surface area contributed by atoms with Gasteiger partial charge < -0.3 is 10.5 Å². The number of nitrogens with zero attached hydrogens (tertiary/aromatic N) is 1. The highest BCUT2D eigenvalue weighted by Gasteiger charge is 2.16. The van der Waals surface area contributed by atoms with Crippen LogP contribution in [0.4, 0.5) is 5.69 Å². The van der Waals surface area contributed by atoms with Gasteiger partial charge in [-0.3, -0.25) is 4.90 Å². The molecule has 1 aliphatic heterocycles. The summed E-state index contributed by atoms with van der Waals surface area (Å²) in [6.45, 7) is 3.60. The third kappa shape index (κ3) is 4.81. The van der Waals surface area contributed by atoms with Crippen molar-refractivity contribution in [3.05, 3.63) is 29.8 Å². The van der Waals surface area contributed by atoms with Crippen molar-refractivity contribution in [2.45, 2.75) is 5.75 Å². The molecular formula is C13H20N2O3S. The van der Waals surface area contributed by atoms with E-state index < -0.39 is 9.84 Å². The Morgan fingerprint density at radius 1 is 1.16 bits per heavy atom. The van der Waals surface area contributed by atoms with E-state index in [2.05, 4.69) is 4.90 Å². The Bertz CT molecular complexity index is 493. The van der Waals surface area contributed by atoms with Crippen LogP contribution in [0.5, 0.6) is 0 Å². The summed E-state index contributed by atoms with van der Waals surface area (Å²) in [5, 5.41) is 0. The highest BCUT2D eigenvalue weighted by atomic mass is 32.2. The second kappa shape index (κ2) is 6.36. The predicted octanol–water partition coefficient (Wildman–Crippen LogP) is 0.516. The number of nitrogen functional groups attached to an aromatic ring is 1. The minimum atomic E-state index is -3.07. The van der Waals surface area contributed by atoms with E-state index in [1.807, 2.05) is 0 Å². The summed E-state index contributed by atoms with van der Waals surface area (Å²) in [6.07, 6.45) is 0. The molecule has 0 unspecified atom stereocenters. The molecular weight excluding hydrogens is 264 g/mol. The minimum absolute atomic E-state index is 0.0810. The zero-order valence-corrected chi connectivity index (χ0v) is 11.7. The van der Waals surface area contributed by atoms with Gasteiger partial charge in [0.2, 0.25) is 0 Å². The normalized spacial score (nSPS) is 17.5. The zero-order valence-electron chi connectivity index (χ0n) is 10.9. The molecule has 6 heteroatoms. The van der Waals surface area contributed by atoms with E-state index in [4.69, 9.17) is 10.5 Å². The number of nitrogens with two attached hydrogens (primary N) is 1. The van der Waals surface area contributed by atoms with Crippen molar-refractivity contribution in [3.63, 3.8) is 0 Å². The first-order chi connectivity index (χ1) is 9.05. The van der Waals surface area contributed by atoms with Gasteiger partial charge in [0, 0.05) is 25.3 Å². The molecule has 0 saturated carbocycles. The molecule has 1 fully saturated rings. The van der Waals surface area contributed by atoms with Crippen LogP contribution in [0.3, 0.4) is 0 Å². The average Bonchev–Trinajstić information content (AvgIpc) is 2.40. The Kier molecular flexibility index (Phi) is 4.79. The predicted molar refractivity (Wildman–Crippen MR) is 75.6 cm³/mol. The number of sulfone groups is 1. The molecule has 2 N–H and O–H groups in total. The van der Waals surface area contributed by atoms with Crippen LogP contribution in [0.2, 0.25) is 0 Å². The standard InChI is InChI=1S/C13H20N2O3S/c14-13-3-1-12(2-4-13)11-19(16,17)10-7-15-5-8-18-9-6-15/h1-4H,5-11,14H2. The second-order valence-corrected chi connectivity index (χ2v) is 6.97. The monoisotopic (exact) mass is 284 g/mol. The number of anilines is 1. The van der Waals surface area contributed by atoms with Crippen LogP contribution in [-0.4, -0.2) is 51.9 Å². The number of ether oxygens (including phenoxy) is 1. The first-order valence-electron chi connectivity index (χ1n) is 6.40. The van der Waals surface area contributed by atoms with Crippen molar-refractivity contribution in [1.29, 1.82) is 0 Å². The van der Waals surface area contributed by atoms with Gasteiger partial charge in [-0.05, 0) is 17.7 Å². The summed E-state index contributed by atoms with van der Waals surface area (Å²) in [7, 11) is -3.07. The third-order valence-electron chi connectivity index (χ3n) is 3.19.